The van der Waals surface area contributed by atoms with Crippen molar-refractivity contribution >= 4 is 17.7 Å². The minimum absolute atomic E-state index is 0.126. The smallest absolute Gasteiger partial charge is 0.321 e. The third-order valence-corrected chi connectivity index (χ3v) is 4.58. The summed E-state index contributed by atoms with van der Waals surface area (Å²) in [7, 11) is 1.54. The highest BCUT2D eigenvalue weighted by atomic mass is 16.5. The summed E-state index contributed by atoms with van der Waals surface area (Å²) in [5.41, 5.74) is 1.13. The van der Waals surface area contributed by atoms with Crippen molar-refractivity contribution in [3.63, 3.8) is 0 Å². The Bertz CT molecular complexity index is 852. The number of hydrogen-bond donors (Lipinski definition) is 2. The molecule has 2 atom stereocenters. The lowest BCUT2D eigenvalue weighted by molar-refractivity contribution is -0.143. The highest BCUT2D eigenvalue weighted by Gasteiger charge is 2.32. The molecule has 1 saturated heterocycles. The number of anilines is 1. The molecule has 2 N–H and O–H groups in total. The second kappa shape index (κ2) is 7.60. The Morgan fingerprint density at radius 1 is 1.33 bits per heavy atom. The molecule has 1 aromatic carbocycles. The number of urea groups is 1. The van der Waals surface area contributed by atoms with Gasteiger partial charge in [0.2, 0.25) is 0 Å². The number of likely N-dealkylation sites (tertiary alicyclic amines) is 1. The van der Waals surface area contributed by atoms with Crippen molar-refractivity contribution in [1.29, 1.82) is 0 Å². The second-order valence-corrected chi connectivity index (χ2v) is 6.74. The van der Waals surface area contributed by atoms with Crippen molar-refractivity contribution in [3.05, 3.63) is 24.0 Å². The van der Waals surface area contributed by atoms with Crippen LogP contribution in [0.2, 0.25) is 0 Å². The van der Waals surface area contributed by atoms with Gasteiger partial charge in [0, 0.05) is 18.8 Å². The Morgan fingerprint density at radius 2 is 2.11 bits per heavy atom. The lowest BCUT2D eigenvalue weighted by Gasteiger charge is -2.34. The summed E-state index contributed by atoms with van der Waals surface area (Å²) in [4.78, 5) is 25.5. The Kier molecular flexibility index (Phi) is 5.24. The summed E-state index contributed by atoms with van der Waals surface area (Å²) >= 11 is 0. The third kappa shape index (κ3) is 3.99. The van der Waals surface area contributed by atoms with E-state index < -0.39 is 11.9 Å². The van der Waals surface area contributed by atoms with E-state index in [-0.39, 0.29) is 18.5 Å². The number of methoxy groups -OCH3 is 1. The van der Waals surface area contributed by atoms with Gasteiger partial charge >= 0.3 is 12.0 Å². The maximum Gasteiger partial charge on any atom is 0.321 e. The molecule has 2 heterocycles. The molecule has 0 spiro atoms. The number of aryl methyl sites for hydroxylation is 1. The number of tetrazole rings is 1. The van der Waals surface area contributed by atoms with Crippen LogP contribution in [0.5, 0.6) is 5.75 Å². The molecule has 1 aromatic heterocycles. The van der Waals surface area contributed by atoms with Gasteiger partial charge in [0.1, 0.15) is 11.4 Å². The average molecular weight is 374 g/mol. The summed E-state index contributed by atoms with van der Waals surface area (Å²) in [6.07, 6.45) is 0.574. The van der Waals surface area contributed by atoms with E-state index in [1.807, 2.05) is 6.92 Å². The number of nitrogens with one attached hydrogen (secondary N) is 1. The van der Waals surface area contributed by atoms with Gasteiger partial charge < -0.3 is 20.1 Å². The number of benzene rings is 1. The number of nitrogens with zero attached hydrogens (tertiary/aromatic N) is 5. The van der Waals surface area contributed by atoms with Gasteiger partial charge in [-0.25, -0.2) is 4.79 Å². The molecule has 0 bridgehead atoms. The van der Waals surface area contributed by atoms with E-state index in [4.69, 9.17) is 4.74 Å². The normalized spacial score (nSPS) is 19.6. The summed E-state index contributed by atoms with van der Waals surface area (Å²) in [6, 6.07) is 4.80. The Balaban J connectivity index is 1.80. The van der Waals surface area contributed by atoms with Crippen LogP contribution in [-0.2, 0) is 4.79 Å². The Morgan fingerprint density at radius 3 is 2.74 bits per heavy atom. The van der Waals surface area contributed by atoms with Crippen LogP contribution in [0.4, 0.5) is 10.5 Å². The summed E-state index contributed by atoms with van der Waals surface area (Å²) in [5.74, 6) is -0.164. The topological polar surface area (TPSA) is 122 Å². The first-order valence-electron chi connectivity index (χ1n) is 8.61. The fourth-order valence-corrected chi connectivity index (χ4v) is 3.29. The molecule has 2 unspecified atom stereocenters. The minimum atomic E-state index is -0.875. The van der Waals surface area contributed by atoms with Crippen molar-refractivity contribution < 1.29 is 19.4 Å². The summed E-state index contributed by atoms with van der Waals surface area (Å²) in [5, 5.41) is 23.5. The molecule has 10 nitrogen and oxygen atoms in total. The molecular formula is C17H22N6O4. The predicted octanol–water partition coefficient (Wildman–Crippen LogP) is 1.55. The first-order valence-corrected chi connectivity index (χ1v) is 8.61. The van der Waals surface area contributed by atoms with Crippen LogP contribution >= 0.6 is 0 Å². The van der Waals surface area contributed by atoms with Gasteiger partial charge in [0.15, 0.2) is 5.82 Å². The molecule has 27 heavy (non-hydrogen) atoms. The van der Waals surface area contributed by atoms with Gasteiger partial charge in [-0.1, -0.05) is 6.92 Å². The standard InChI is InChI=1S/C17H22N6O4/c1-10-6-12(16(24)25)9-22(8-10)17(26)18-13-4-5-15(27-3)14(7-13)23-11(2)19-20-21-23/h4-5,7,10,12H,6,8-9H2,1-3H3,(H,18,26)(H,24,25). The molecule has 1 fully saturated rings. The van der Waals surface area contributed by atoms with Gasteiger partial charge in [0.05, 0.1) is 13.0 Å². The van der Waals surface area contributed by atoms with E-state index in [2.05, 4.69) is 20.8 Å². The van der Waals surface area contributed by atoms with E-state index in [0.29, 0.717) is 35.9 Å². The second-order valence-electron chi connectivity index (χ2n) is 6.74. The molecule has 0 radical (unpaired) electrons. The zero-order valence-electron chi connectivity index (χ0n) is 15.4. The van der Waals surface area contributed by atoms with E-state index >= 15 is 0 Å². The van der Waals surface area contributed by atoms with Crippen LogP contribution in [0.25, 0.3) is 5.69 Å². The molecule has 1 aliphatic heterocycles. The van der Waals surface area contributed by atoms with E-state index in [1.165, 1.54) is 11.8 Å². The molecule has 0 aliphatic carbocycles. The Labute approximate surface area is 156 Å². The number of aliphatic carboxylic acids is 1. The lowest BCUT2D eigenvalue weighted by Crippen LogP contribution is -2.47. The van der Waals surface area contributed by atoms with Crippen molar-refractivity contribution in [2.24, 2.45) is 11.8 Å². The first kappa shape index (κ1) is 18.6. The summed E-state index contributed by atoms with van der Waals surface area (Å²) < 4.78 is 6.86. The molecule has 2 aromatic rings. The number of amides is 2. The largest absolute Gasteiger partial charge is 0.494 e. The highest BCUT2D eigenvalue weighted by Crippen LogP contribution is 2.27. The molecule has 1 aliphatic rings. The minimum Gasteiger partial charge on any atom is -0.494 e. The van der Waals surface area contributed by atoms with Crippen LogP contribution in [0.3, 0.4) is 0 Å². The molecule has 0 saturated carbocycles. The quantitative estimate of drug-likeness (QED) is 0.832. The SMILES string of the molecule is COc1ccc(NC(=O)N2CC(C)CC(C(=O)O)C2)cc1-n1nnnc1C. The van der Waals surface area contributed by atoms with Gasteiger partial charge in [-0.05, 0) is 47.9 Å². The maximum absolute atomic E-state index is 12.6. The third-order valence-electron chi connectivity index (χ3n) is 4.58. The number of aromatic nitrogens is 4. The fourth-order valence-electron chi connectivity index (χ4n) is 3.29. The lowest BCUT2D eigenvalue weighted by atomic mass is 9.91. The van der Waals surface area contributed by atoms with Gasteiger partial charge in [0.25, 0.3) is 0 Å². The van der Waals surface area contributed by atoms with E-state index in [9.17, 15) is 14.7 Å². The highest BCUT2D eigenvalue weighted by molar-refractivity contribution is 5.90. The Hall–Kier alpha value is -3.17. The number of rotatable bonds is 4. The number of ether oxygens (including phenoxy) is 1. The number of piperidine rings is 1. The predicted molar refractivity (Wildman–Crippen MR) is 95.9 cm³/mol. The fraction of sp³-hybridized carbons (Fsp3) is 0.471. The first-order chi connectivity index (χ1) is 12.9. The van der Waals surface area contributed by atoms with Gasteiger partial charge in [-0.2, -0.15) is 4.68 Å². The zero-order chi connectivity index (χ0) is 19.6. The summed E-state index contributed by atoms with van der Waals surface area (Å²) in [6.45, 7) is 4.42. The number of carbonyl (C=O) groups excluding carboxylic acids is 1. The van der Waals surface area contributed by atoms with Crippen molar-refractivity contribution in [1.82, 2.24) is 25.1 Å². The monoisotopic (exact) mass is 374 g/mol. The van der Waals surface area contributed by atoms with Crippen LogP contribution < -0.4 is 10.1 Å². The van der Waals surface area contributed by atoms with Crippen LogP contribution in [0.1, 0.15) is 19.2 Å². The van der Waals surface area contributed by atoms with Gasteiger partial charge in [-0.3, -0.25) is 4.79 Å². The molecular weight excluding hydrogens is 352 g/mol. The van der Waals surface area contributed by atoms with Crippen LogP contribution in [-0.4, -0.2) is 62.4 Å². The molecule has 2 amide bonds. The van der Waals surface area contributed by atoms with E-state index in [0.717, 1.165) is 0 Å². The molecule has 144 valence electrons. The number of carboxylic acids is 1. The number of hydrogen-bond acceptors (Lipinski definition) is 6. The molecule has 3 rings (SSSR count). The van der Waals surface area contributed by atoms with E-state index in [1.54, 1.807) is 30.0 Å². The number of carbonyl (C=O) groups is 2. The van der Waals surface area contributed by atoms with Crippen molar-refractivity contribution in [3.8, 4) is 11.4 Å². The number of carboxylic acid groups (broad SMARTS) is 1. The molecule has 10 heteroatoms. The van der Waals surface area contributed by atoms with Crippen LogP contribution in [0.15, 0.2) is 18.2 Å². The van der Waals surface area contributed by atoms with Crippen molar-refractivity contribution in [2.75, 3.05) is 25.5 Å². The zero-order valence-corrected chi connectivity index (χ0v) is 15.4. The maximum atomic E-state index is 12.6. The van der Waals surface area contributed by atoms with Crippen molar-refractivity contribution in [2.45, 2.75) is 20.3 Å². The van der Waals surface area contributed by atoms with Crippen LogP contribution in [0, 0.1) is 18.8 Å². The average Bonchev–Trinajstić information content (AvgIpc) is 3.06. The van der Waals surface area contributed by atoms with Gasteiger partial charge in [-0.15, -0.1) is 5.10 Å².